The largest absolute Gasteiger partial charge is 0.329 e. The maximum atomic E-state index is 5.51. The Morgan fingerprint density at radius 1 is 0.606 bits per heavy atom. The fourth-order valence-electron chi connectivity index (χ4n) is 4.06. The zero-order chi connectivity index (χ0) is 23.9. The molecular formula is C29H48N4. The van der Waals surface area contributed by atoms with Crippen molar-refractivity contribution in [1.82, 2.24) is 16.0 Å². The number of rotatable bonds is 17. The average Bonchev–Trinajstić information content (AvgIpc) is 2.82. The Hall–Kier alpha value is -1.72. The predicted molar refractivity (Wildman–Crippen MR) is 144 cm³/mol. The summed E-state index contributed by atoms with van der Waals surface area (Å²) in [6.45, 7) is 14.6. The Labute approximate surface area is 203 Å². The van der Waals surface area contributed by atoms with Crippen molar-refractivity contribution in [1.29, 1.82) is 0 Å². The van der Waals surface area contributed by atoms with Crippen molar-refractivity contribution >= 4 is 0 Å². The molecule has 0 unspecified atom stereocenters. The molecule has 4 nitrogen and oxygen atoms in total. The first-order valence-electron chi connectivity index (χ1n) is 13.0. The quantitative estimate of drug-likeness (QED) is 0.265. The van der Waals surface area contributed by atoms with Crippen LogP contribution in [0.2, 0.25) is 0 Å². The molecule has 5 N–H and O–H groups in total. The third kappa shape index (κ3) is 11.3. The summed E-state index contributed by atoms with van der Waals surface area (Å²) in [6.07, 6.45) is 4.59. The molecular weight excluding hydrogens is 404 g/mol. The Balaban J connectivity index is 1.82. The highest BCUT2D eigenvalue weighted by Crippen LogP contribution is 2.18. The van der Waals surface area contributed by atoms with Gasteiger partial charge >= 0.3 is 0 Å². The van der Waals surface area contributed by atoms with E-state index in [1.807, 2.05) is 0 Å². The fraction of sp³-hybridized carbons (Fsp3) is 0.586. The van der Waals surface area contributed by atoms with Gasteiger partial charge in [0.05, 0.1) is 0 Å². The van der Waals surface area contributed by atoms with Crippen LogP contribution in [0.3, 0.4) is 0 Å². The van der Waals surface area contributed by atoms with Gasteiger partial charge in [-0.1, -0.05) is 76.2 Å². The van der Waals surface area contributed by atoms with Crippen molar-refractivity contribution in [3.05, 3.63) is 70.8 Å². The van der Waals surface area contributed by atoms with Gasteiger partial charge in [-0.15, -0.1) is 0 Å². The van der Waals surface area contributed by atoms with Gasteiger partial charge in [-0.25, -0.2) is 0 Å². The highest BCUT2D eigenvalue weighted by molar-refractivity contribution is 5.26. The van der Waals surface area contributed by atoms with Crippen LogP contribution in [-0.4, -0.2) is 45.3 Å². The molecule has 2 rings (SSSR count). The molecule has 0 saturated heterocycles. The molecule has 0 aliphatic carbocycles. The summed E-state index contributed by atoms with van der Waals surface area (Å²) in [6, 6.07) is 18.9. The van der Waals surface area contributed by atoms with Crippen LogP contribution in [0, 0.1) is 0 Å². The average molecular weight is 453 g/mol. The van der Waals surface area contributed by atoms with Crippen molar-refractivity contribution in [3.8, 4) is 0 Å². The molecule has 0 spiro atoms. The predicted octanol–water partition coefficient (Wildman–Crippen LogP) is 4.59. The zero-order valence-corrected chi connectivity index (χ0v) is 21.5. The highest BCUT2D eigenvalue weighted by Gasteiger charge is 2.10. The van der Waals surface area contributed by atoms with E-state index >= 15 is 0 Å². The minimum absolute atomic E-state index is 0.525. The lowest BCUT2D eigenvalue weighted by atomic mass is 9.96. The lowest BCUT2D eigenvalue weighted by Gasteiger charge is -2.20. The van der Waals surface area contributed by atoms with Crippen molar-refractivity contribution in [3.63, 3.8) is 0 Å². The van der Waals surface area contributed by atoms with Gasteiger partial charge in [-0.3, -0.25) is 0 Å². The zero-order valence-electron chi connectivity index (χ0n) is 21.5. The van der Waals surface area contributed by atoms with Crippen LogP contribution < -0.4 is 21.7 Å². The molecule has 2 aromatic carbocycles. The van der Waals surface area contributed by atoms with E-state index in [0.717, 1.165) is 45.6 Å². The van der Waals surface area contributed by atoms with Gasteiger partial charge in [0.15, 0.2) is 0 Å². The van der Waals surface area contributed by atoms with Crippen LogP contribution >= 0.6 is 0 Å². The van der Waals surface area contributed by atoms with Crippen molar-refractivity contribution in [2.45, 2.75) is 71.3 Å². The van der Waals surface area contributed by atoms with Gasteiger partial charge in [0.25, 0.3) is 0 Å². The summed E-state index contributed by atoms with van der Waals surface area (Å²) in [5, 5.41) is 10.7. The molecule has 0 bridgehead atoms. The molecule has 33 heavy (non-hydrogen) atoms. The molecule has 0 aromatic heterocycles. The Morgan fingerprint density at radius 3 is 1.45 bits per heavy atom. The molecule has 0 aliphatic rings. The molecule has 0 aliphatic heterocycles. The molecule has 0 atom stereocenters. The number of aryl methyl sites for hydroxylation is 2. The van der Waals surface area contributed by atoms with E-state index in [4.69, 9.17) is 5.73 Å². The van der Waals surface area contributed by atoms with Crippen LogP contribution in [0.25, 0.3) is 0 Å². The number of hydrogen-bond acceptors (Lipinski definition) is 4. The topological polar surface area (TPSA) is 62.1 Å². The van der Waals surface area contributed by atoms with E-state index in [1.165, 1.54) is 35.1 Å². The SMILES string of the molecule is CC(C)c1ccc(CCC(CCc2ccc(C(C)C)cc2)NCCNCCNCCN)cc1. The number of nitrogens with one attached hydrogen (secondary N) is 3. The third-order valence-electron chi connectivity index (χ3n) is 6.39. The molecule has 0 saturated carbocycles. The molecule has 0 fully saturated rings. The summed E-state index contributed by atoms with van der Waals surface area (Å²) in [7, 11) is 0. The fourth-order valence-corrected chi connectivity index (χ4v) is 4.06. The van der Waals surface area contributed by atoms with Crippen molar-refractivity contribution in [2.75, 3.05) is 39.3 Å². The maximum absolute atomic E-state index is 5.51. The summed E-state index contributed by atoms with van der Waals surface area (Å²) in [5.74, 6) is 1.18. The Morgan fingerprint density at radius 2 is 1.03 bits per heavy atom. The monoisotopic (exact) mass is 452 g/mol. The van der Waals surface area contributed by atoms with Crippen LogP contribution in [0.4, 0.5) is 0 Å². The van der Waals surface area contributed by atoms with Gasteiger partial charge in [0.1, 0.15) is 0 Å². The van der Waals surface area contributed by atoms with E-state index in [2.05, 4.69) is 92.2 Å². The van der Waals surface area contributed by atoms with Crippen LogP contribution in [0.5, 0.6) is 0 Å². The second-order valence-corrected chi connectivity index (χ2v) is 9.81. The minimum Gasteiger partial charge on any atom is -0.329 e. The molecule has 2 aromatic rings. The first kappa shape index (κ1) is 27.5. The Bertz CT molecular complexity index is 682. The number of hydrogen-bond donors (Lipinski definition) is 4. The van der Waals surface area contributed by atoms with Gasteiger partial charge in [-0.05, 0) is 59.8 Å². The third-order valence-corrected chi connectivity index (χ3v) is 6.39. The van der Waals surface area contributed by atoms with E-state index in [9.17, 15) is 0 Å². The molecule has 0 amide bonds. The lowest BCUT2D eigenvalue weighted by Crippen LogP contribution is -2.38. The first-order valence-corrected chi connectivity index (χ1v) is 13.0. The van der Waals surface area contributed by atoms with Crippen LogP contribution in [0.15, 0.2) is 48.5 Å². The maximum Gasteiger partial charge on any atom is 0.00793 e. The van der Waals surface area contributed by atoms with Crippen molar-refractivity contribution < 1.29 is 0 Å². The second-order valence-electron chi connectivity index (χ2n) is 9.81. The second kappa shape index (κ2) is 16.0. The normalized spacial score (nSPS) is 11.8. The molecule has 4 heteroatoms. The van der Waals surface area contributed by atoms with Gasteiger partial charge < -0.3 is 21.7 Å². The molecule has 0 heterocycles. The summed E-state index contributed by atoms with van der Waals surface area (Å²) >= 11 is 0. The minimum atomic E-state index is 0.525. The summed E-state index contributed by atoms with van der Waals surface area (Å²) in [5.41, 5.74) is 11.2. The molecule has 184 valence electrons. The van der Waals surface area contributed by atoms with Gasteiger partial charge in [0.2, 0.25) is 0 Å². The highest BCUT2D eigenvalue weighted by atomic mass is 15.0. The van der Waals surface area contributed by atoms with Crippen LogP contribution in [0.1, 0.15) is 74.6 Å². The van der Waals surface area contributed by atoms with E-state index in [1.54, 1.807) is 0 Å². The standard InChI is InChI=1S/C29H48N4/c1-23(2)27-11-5-25(6-12-27)9-15-29(33-22-21-32-20-19-31-18-17-30)16-10-26-7-13-28(14-8-26)24(3)4/h5-8,11-14,23-24,29,31-33H,9-10,15-22,30H2,1-4H3. The molecule has 0 radical (unpaired) electrons. The number of nitrogens with two attached hydrogens (primary N) is 1. The van der Waals surface area contributed by atoms with Gasteiger partial charge in [0, 0.05) is 45.3 Å². The number of benzene rings is 2. The smallest absolute Gasteiger partial charge is 0.00793 e. The van der Waals surface area contributed by atoms with E-state index in [-0.39, 0.29) is 0 Å². The van der Waals surface area contributed by atoms with Crippen LogP contribution in [-0.2, 0) is 12.8 Å². The van der Waals surface area contributed by atoms with Gasteiger partial charge in [-0.2, -0.15) is 0 Å². The summed E-state index contributed by atoms with van der Waals surface area (Å²) < 4.78 is 0. The summed E-state index contributed by atoms with van der Waals surface area (Å²) in [4.78, 5) is 0. The lowest BCUT2D eigenvalue weighted by molar-refractivity contribution is 0.446. The van der Waals surface area contributed by atoms with Crippen molar-refractivity contribution in [2.24, 2.45) is 5.73 Å². The van der Waals surface area contributed by atoms with E-state index < -0.39 is 0 Å². The first-order chi connectivity index (χ1) is 16.0. The van der Waals surface area contributed by atoms with E-state index in [0.29, 0.717) is 24.4 Å². The Kier molecular flexibility index (Phi) is 13.3.